The Hall–Kier alpha value is -1.49. The minimum atomic E-state index is -0.794. The minimum Gasteiger partial charge on any atom is -0.481 e. The standard InChI is InChI=1S/C17H25NO3S/c1-3-4-10-22-11-9-16(19)18-15-7-5-14(6-8-15)12-13(2)17(20)21/h5-8,13H,3-4,9-12H2,1-2H3,(H,18,19)(H,20,21). The zero-order valence-corrected chi connectivity index (χ0v) is 14.1. The van der Waals surface area contributed by atoms with Crippen LogP contribution >= 0.6 is 11.8 Å². The second-order valence-corrected chi connectivity index (χ2v) is 6.63. The Morgan fingerprint density at radius 3 is 2.50 bits per heavy atom. The molecule has 5 heteroatoms. The Morgan fingerprint density at radius 1 is 1.23 bits per heavy atom. The van der Waals surface area contributed by atoms with E-state index in [2.05, 4.69) is 12.2 Å². The van der Waals surface area contributed by atoms with Crippen LogP contribution in [0.4, 0.5) is 5.69 Å². The van der Waals surface area contributed by atoms with Gasteiger partial charge in [0, 0.05) is 17.9 Å². The lowest BCUT2D eigenvalue weighted by Gasteiger charge is -2.08. The van der Waals surface area contributed by atoms with E-state index in [-0.39, 0.29) is 5.91 Å². The number of carbonyl (C=O) groups excluding carboxylic acids is 1. The molecule has 0 saturated heterocycles. The molecular weight excluding hydrogens is 298 g/mol. The highest BCUT2D eigenvalue weighted by molar-refractivity contribution is 7.99. The Morgan fingerprint density at radius 2 is 1.91 bits per heavy atom. The Balaban J connectivity index is 2.34. The predicted octanol–water partition coefficient (Wildman–Crippen LogP) is 3.81. The summed E-state index contributed by atoms with van der Waals surface area (Å²) < 4.78 is 0. The fourth-order valence-electron chi connectivity index (χ4n) is 1.90. The average molecular weight is 323 g/mol. The quantitative estimate of drug-likeness (QED) is 0.643. The van der Waals surface area contributed by atoms with E-state index in [4.69, 9.17) is 5.11 Å². The molecule has 0 spiro atoms. The van der Waals surface area contributed by atoms with Gasteiger partial charge in [-0.15, -0.1) is 0 Å². The highest BCUT2D eigenvalue weighted by Gasteiger charge is 2.11. The molecule has 0 aliphatic carbocycles. The molecule has 0 aliphatic rings. The van der Waals surface area contributed by atoms with Crippen molar-refractivity contribution in [3.63, 3.8) is 0 Å². The van der Waals surface area contributed by atoms with Crippen LogP contribution in [0.3, 0.4) is 0 Å². The highest BCUT2D eigenvalue weighted by Crippen LogP contribution is 2.14. The first-order chi connectivity index (χ1) is 10.5. The molecule has 1 rings (SSSR count). The Bertz CT molecular complexity index is 473. The molecule has 1 aromatic carbocycles. The third kappa shape index (κ3) is 7.50. The number of hydrogen-bond donors (Lipinski definition) is 2. The van der Waals surface area contributed by atoms with Crippen LogP contribution in [0.5, 0.6) is 0 Å². The summed E-state index contributed by atoms with van der Waals surface area (Å²) in [4.78, 5) is 22.6. The van der Waals surface area contributed by atoms with E-state index >= 15 is 0 Å². The van der Waals surface area contributed by atoms with Crippen LogP contribution in [0.2, 0.25) is 0 Å². The number of anilines is 1. The summed E-state index contributed by atoms with van der Waals surface area (Å²) >= 11 is 1.81. The lowest BCUT2D eigenvalue weighted by molar-refractivity contribution is -0.141. The SMILES string of the molecule is CCCCSCCC(=O)Nc1ccc(CC(C)C(=O)O)cc1. The molecule has 2 N–H and O–H groups in total. The van der Waals surface area contributed by atoms with E-state index in [1.165, 1.54) is 12.8 Å². The van der Waals surface area contributed by atoms with Gasteiger partial charge in [-0.2, -0.15) is 11.8 Å². The first-order valence-corrected chi connectivity index (χ1v) is 8.87. The molecular formula is C17H25NO3S. The molecule has 122 valence electrons. The highest BCUT2D eigenvalue weighted by atomic mass is 32.2. The van der Waals surface area contributed by atoms with Crippen LogP contribution < -0.4 is 5.32 Å². The lowest BCUT2D eigenvalue weighted by atomic mass is 10.0. The number of benzene rings is 1. The van der Waals surface area contributed by atoms with E-state index in [1.807, 2.05) is 36.0 Å². The fourth-order valence-corrected chi connectivity index (χ4v) is 2.93. The van der Waals surface area contributed by atoms with Crippen molar-refractivity contribution in [2.45, 2.75) is 39.5 Å². The fraction of sp³-hybridized carbons (Fsp3) is 0.529. The summed E-state index contributed by atoms with van der Waals surface area (Å²) in [5.41, 5.74) is 1.72. The first-order valence-electron chi connectivity index (χ1n) is 7.72. The van der Waals surface area contributed by atoms with Crippen molar-refractivity contribution in [2.24, 2.45) is 5.92 Å². The smallest absolute Gasteiger partial charge is 0.306 e. The molecule has 22 heavy (non-hydrogen) atoms. The largest absolute Gasteiger partial charge is 0.481 e. The summed E-state index contributed by atoms with van der Waals surface area (Å²) in [6.45, 7) is 3.85. The average Bonchev–Trinajstić information content (AvgIpc) is 2.49. The summed E-state index contributed by atoms with van der Waals surface area (Å²) in [6, 6.07) is 7.38. The van der Waals surface area contributed by atoms with Crippen molar-refractivity contribution in [3.05, 3.63) is 29.8 Å². The third-order valence-electron chi connectivity index (χ3n) is 3.32. The first kappa shape index (κ1) is 18.6. The molecule has 1 amide bonds. The van der Waals surface area contributed by atoms with Gasteiger partial charge in [-0.1, -0.05) is 32.4 Å². The summed E-state index contributed by atoms with van der Waals surface area (Å²) in [5, 5.41) is 11.8. The number of unbranched alkanes of at least 4 members (excludes halogenated alkanes) is 1. The van der Waals surface area contributed by atoms with Gasteiger partial charge in [-0.05, 0) is 36.3 Å². The molecule has 1 unspecified atom stereocenters. The monoisotopic (exact) mass is 323 g/mol. The number of thioether (sulfide) groups is 1. The zero-order valence-electron chi connectivity index (χ0n) is 13.3. The molecule has 1 atom stereocenters. The predicted molar refractivity (Wildman–Crippen MR) is 92.4 cm³/mol. The molecule has 4 nitrogen and oxygen atoms in total. The minimum absolute atomic E-state index is 0.0238. The summed E-state index contributed by atoms with van der Waals surface area (Å²) in [7, 11) is 0. The van der Waals surface area contributed by atoms with Gasteiger partial charge >= 0.3 is 5.97 Å². The maximum absolute atomic E-state index is 11.8. The van der Waals surface area contributed by atoms with Gasteiger partial charge in [0.15, 0.2) is 0 Å². The van der Waals surface area contributed by atoms with Crippen LogP contribution in [0, 0.1) is 5.92 Å². The number of carbonyl (C=O) groups is 2. The molecule has 0 fully saturated rings. The van der Waals surface area contributed by atoms with Crippen molar-refractivity contribution in [3.8, 4) is 0 Å². The molecule has 1 aromatic rings. The number of rotatable bonds is 10. The van der Waals surface area contributed by atoms with Crippen LogP contribution in [0.25, 0.3) is 0 Å². The molecule has 0 bridgehead atoms. The summed E-state index contributed by atoms with van der Waals surface area (Å²) in [5.74, 6) is 0.787. The Kier molecular flexibility index (Phi) is 8.67. The number of carboxylic acid groups (broad SMARTS) is 1. The zero-order chi connectivity index (χ0) is 16.4. The van der Waals surface area contributed by atoms with Crippen molar-refractivity contribution in [1.82, 2.24) is 0 Å². The second-order valence-electron chi connectivity index (χ2n) is 5.40. The number of amides is 1. The van der Waals surface area contributed by atoms with Crippen molar-refractivity contribution >= 4 is 29.3 Å². The van der Waals surface area contributed by atoms with Gasteiger partial charge in [-0.3, -0.25) is 9.59 Å². The van der Waals surface area contributed by atoms with E-state index in [9.17, 15) is 9.59 Å². The van der Waals surface area contributed by atoms with Crippen molar-refractivity contribution < 1.29 is 14.7 Å². The van der Waals surface area contributed by atoms with E-state index in [1.54, 1.807) is 6.92 Å². The second kappa shape index (κ2) is 10.3. The van der Waals surface area contributed by atoms with Gasteiger partial charge in [0.2, 0.25) is 5.91 Å². The summed E-state index contributed by atoms with van der Waals surface area (Å²) in [6.07, 6.45) is 3.40. The van der Waals surface area contributed by atoms with Crippen LogP contribution in [0.15, 0.2) is 24.3 Å². The van der Waals surface area contributed by atoms with E-state index in [0.717, 1.165) is 22.8 Å². The van der Waals surface area contributed by atoms with Crippen LogP contribution in [-0.2, 0) is 16.0 Å². The maximum Gasteiger partial charge on any atom is 0.306 e. The number of carboxylic acids is 1. The van der Waals surface area contributed by atoms with Crippen LogP contribution in [0.1, 0.15) is 38.7 Å². The van der Waals surface area contributed by atoms with Gasteiger partial charge < -0.3 is 10.4 Å². The lowest BCUT2D eigenvalue weighted by Crippen LogP contribution is -2.13. The van der Waals surface area contributed by atoms with Gasteiger partial charge in [0.1, 0.15) is 0 Å². The number of hydrogen-bond acceptors (Lipinski definition) is 3. The van der Waals surface area contributed by atoms with E-state index < -0.39 is 11.9 Å². The van der Waals surface area contributed by atoms with Crippen molar-refractivity contribution in [2.75, 3.05) is 16.8 Å². The molecule has 0 heterocycles. The van der Waals surface area contributed by atoms with Crippen molar-refractivity contribution in [1.29, 1.82) is 0 Å². The van der Waals surface area contributed by atoms with Crippen LogP contribution in [-0.4, -0.2) is 28.5 Å². The third-order valence-corrected chi connectivity index (χ3v) is 4.39. The number of aliphatic carboxylic acids is 1. The van der Waals surface area contributed by atoms with E-state index in [0.29, 0.717) is 12.8 Å². The van der Waals surface area contributed by atoms with Gasteiger partial charge in [-0.25, -0.2) is 0 Å². The molecule has 0 aliphatic heterocycles. The maximum atomic E-state index is 11.8. The van der Waals surface area contributed by atoms with Gasteiger partial charge in [0.25, 0.3) is 0 Å². The molecule has 0 aromatic heterocycles. The normalized spacial score (nSPS) is 11.9. The number of nitrogens with one attached hydrogen (secondary N) is 1. The van der Waals surface area contributed by atoms with Gasteiger partial charge in [0.05, 0.1) is 5.92 Å². The molecule has 0 radical (unpaired) electrons. The topological polar surface area (TPSA) is 66.4 Å². The Labute approximate surface area is 136 Å². The molecule has 0 saturated carbocycles.